The van der Waals surface area contributed by atoms with E-state index in [1.807, 2.05) is 0 Å². The van der Waals surface area contributed by atoms with Crippen LogP contribution < -0.4 is 0 Å². The van der Waals surface area contributed by atoms with E-state index >= 15 is 0 Å². The van der Waals surface area contributed by atoms with Crippen LogP contribution in [0.5, 0.6) is 0 Å². The Kier molecular flexibility index (Phi) is 10.5. The van der Waals surface area contributed by atoms with Gasteiger partial charge in [0.1, 0.15) is 0 Å². The van der Waals surface area contributed by atoms with E-state index in [1.54, 1.807) is 0 Å². The summed E-state index contributed by atoms with van der Waals surface area (Å²) in [6.45, 7) is 3.79. The summed E-state index contributed by atoms with van der Waals surface area (Å²) < 4.78 is 5.43. The molecular weight excluding hydrogens is 236 g/mol. The van der Waals surface area contributed by atoms with E-state index in [-0.39, 0.29) is 6.10 Å². The van der Waals surface area contributed by atoms with Crippen molar-refractivity contribution in [1.29, 1.82) is 0 Å². The second-order valence-electron chi connectivity index (χ2n) is 6.16. The van der Waals surface area contributed by atoms with Gasteiger partial charge in [0.15, 0.2) is 0 Å². The van der Waals surface area contributed by atoms with Crippen molar-refractivity contribution >= 4 is 0 Å². The minimum absolute atomic E-state index is 0.104. The van der Waals surface area contributed by atoms with Gasteiger partial charge in [-0.15, -0.1) is 0 Å². The maximum absolute atomic E-state index is 9.83. The molecule has 1 N–H and O–H groups in total. The molecule has 1 heterocycles. The molecule has 0 amide bonds. The van der Waals surface area contributed by atoms with E-state index in [1.165, 1.54) is 64.2 Å². The maximum atomic E-state index is 9.83. The first-order valence-electron chi connectivity index (χ1n) is 8.60. The molecular formula is C17H34O2. The molecule has 2 atom stereocenters. The molecule has 1 rings (SSSR count). The Morgan fingerprint density at radius 1 is 0.895 bits per heavy atom. The molecule has 0 aliphatic carbocycles. The Bertz CT molecular complexity index is 194. The Labute approximate surface area is 119 Å². The number of aliphatic hydroxyl groups is 1. The van der Waals surface area contributed by atoms with Gasteiger partial charge in [0.2, 0.25) is 0 Å². The minimum atomic E-state index is -0.104. The van der Waals surface area contributed by atoms with Crippen LogP contribution in [0.3, 0.4) is 0 Å². The largest absolute Gasteiger partial charge is 0.393 e. The van der Waals surface area contributed by atoms with Crippen LogP contribution in [0.25, 0.3) is 0 Å². The summed E-state index contributed by atoms with van der Waals surface area (Å²) in [4.78, 5) is 0. The molecule has 1 saturated heterocycles. The topological polar surface area (TPSA) is 29.5 Å². The lowest BCUT2D eigenvalue weighted by Gasteiger charge is -2.27. The van der Waals surface area contributed by atoms with Gasteiger partial charge in [-0.25, -0.2) is 0 Å². The van der Waals surface area contributed by atoms with Gasteiger partial charge in [0.05, 0.1) is 12.7 Å². The number of hydrogen-bond donors (Lipinski definition) is 1. The molecule has 2 heteroatoms. The zero-order chi connectivity index (χ0) is 13.8. The quantitative estimate of drug-likeness (QED) is 0.552. The fourth-order valence-electron chi connectivity index (χ4n) is 2.96. The minimum Gasteiger partial charge on any atom is -0.393 e. The zero-order valence-corrected chi connectivity index (χ0v) is 12.9. The second kappa shape index (κ2) is 11.7. The van der Waals surface area contributed by atoms with E-state index < -0.39 is 0 Å². The molecule has 0 radical (unpaired) electrons. The number of unbranched alkanes of at least 4 members (excludes halogenated alkanes) is 9. The highest BCUT2D eigenvalue weighted by atomic mass is 16.5. The summed E-state index contributed by atoms with van der Waals surface area (Å²) in [5.41, 5.74) is 0. The van der Waals surface area contributed by atoms with Gasteiger partial charge in [-0.05, 0) is 12.8 Å². The molecule has 1 aliphatic rings. The molecule has 0 aromatic rings. The molecule has 1 aliphatic heterocycles. The van der Waals surface area contributed by atoms with Crippen LogP contribution in [0.15, 0.2) is 0 Å². The average Bonchev–Trinajstić information content (AvgIpc) is 2.43. The van der Waals surface area contributed by atoms with Gasteiger partial charge < -0.3 is 9.84 Å². The van der Waals surface area contributed by atoms with Crippen molar-refractivity contribution in [2.45, 2.75) is 90.1 Å². The first-order valence-corrected chi connectivity index (χ1v) is 8.60. The Hall–Kier alpha value is -0.0800. The number of rotatable bonds is 11. The van der Waals surface area contributed by atoms with Crippen molar-refractivity contribution in [1.82, 2.24) is 0 Å². The molecule has 114 valence electrons. The summed E-state index contributed by atoms with van der Waals surface area (Å²) in [6.07, 6.45) is 15.7. The van der Waals surface area contributed by atoms with Crippen molar-refractivity contribution in [3.8, 4) is 0 Å². The van der Waals surface area contributed by atoms with Crippen molar-refractivity contribution in [3.63, 3.8) is 0 Å². The first kappa shape index (κ1) is 17.0. The molecule has 2 unspecified atom stereocenters. The van der Waals surface area contributed by atoms with Crippen LogP contribution in [-0.2, 0) is 4.74 Å². The van der Waals surface area contributed by atoms with Gasteiger partial charge in [-0.3, -0.25) is 0 Å². The van der Waals surface area contributed by atoms with Crippen LogP contribution >= 0.6 is 0 Å². The highest BCUT2D eigenvalue weighted by Crippen LogP contribution is 2.21. The van der Waals surface area contributed by atoms with Crippen molar-refractivity contribution in [2.75, 3.05) is 13.2 Å². The lowest BCUT2D eigenvalue weighted by atomic mass is 9.92. The van der Waals surface area contributed by atoms with E-state index in [0.717, 1.165) is 26.1 Å². The summed E-state index contributed by atoms with van der Waals surface area (Å²) in [7, 11) is 0. The third-order valence-corrected chi connectivity index (χ3v) is 4.36. The van der Waals surface area contributed by atoms with Crippen LogP contribution in [0.4, 0.5) is 0 Å². The average molecular weight is 270 g/mol. The molecule has 19 heavy (non-hydrogen) atoms. The lowest BCUT2D eigenvalue weighted by Crippen LogP contribution is -2.31. The maximum Gasteiger partial charge on any atom is 0.0612 e. The molecule has 0 bridgehead atoms. The molecule has 2 nitrogen and oxygen atoms in total. The monoisotopic (exact) mass is 270 g/mol. The SMILES string of the molecule is CCCCCCCCCCCCC1COCCC1O. The van der Waals surface area contributed by atoms with Crippen molar-refractivity contribution < 1.29 is 9.84 Å². The Morgan fingerprint density at radius 3 is 2.05 bits per heavy atom. The summed E-state index contributed by atoms with van der Waals surface area (Å²) >= 11 is 0. The molecule has 1 fully saturated rings. The molecule has 0 spiro atoms. The van der Waals surface area contributed by atoms with E-state index in [0.29, 0.717) is 5.92 Å². The van der Waals surface area contributed by atoms with Crippen LogP contribution in [-0.4, -0.2) is 24.4 Å². The van der Waals surface area contributed by atoms with E-state index in [2.05, 4.69) is 6.92 Å². The summed E-state index contributed by atoms with van der Waals surface area (Å²) in [6, 6.07) is 0. The third-order valence-electron chi connectivity index (χ3n) is 4.36. The normalized spacial score (nSPS) is 23.7. The highest BCUT2D eigenvalue weighted by Gasteiger charge is 2.22. The smallest absolute Gasteiger partial charge is 0.0612 e. The van der Waals surface area contributed by atoms with E-state index in [9.17, 15) is 5.11 Å². The van der Waals surface area contributed by atoms with Gasteiger partial charge >= 0.3 is 0 Å². The van der Waals surface area contributed by atoms with Crippen molar-refractivity contribution in [3.05, 3.63) is 0 Å². The van der Waals surface area contributed by atoms with Gasteiger partial charge in [-0.2, -0.15) is 0 Å². The van der Waals surface area contributed by atoms with Crippen LogP contribution in [0.2, 0.25) is 0 Å². The molecule has 0 saturated carbocycles. The zero-order valence-electron chi connectivity index (χ0n) is 12.9. The summed E-state index contributed by atoms with van der Waals surface area (Å²) in [5.74, 6) is 0.405. The number of ether oxygens (including phenoxy) is 1. The fraction of sp³-hybridized carbons (Fsp3) is 1.00. The van der Waals surface area contributed by atoms with Gasteiger partial charge in [-0.1, -0.05) is 71.1 Å². The predicted octanol–water partition coefficient (Wildman–Crippen LogP) is 4.69. The number of hydrogen-bond acceptors (Lipinski definition) is 2. The summed E-state index contributed by atoms with van der Waals surface area (Å²) in [5, 5.41) is 9.83. The first-order chi connectivity index (χ1) is 9.34. The van der Waals surface area contributed by atoms with Gasteiger partial charge in [0.25, 0.3) is 0 Å². The lowest BCUT2D eigenvalue weighted by molar-refractivity contribution is -0.0389. The van der Waals surface area contributed by atoms with Gasteiger partial charge in [0, 0.05) is 12.5 Å². The highest BCUT2D eigenvalue weighted by molar-refractivity contribution is 4.72. The molecule has 0 aromatic heterocycles. The third kappa shape index (κ3) is 8.65. The van der Waals surface area contributed by atoms with Crippen molar-refractivity contribution in [2.24, 2.45) is 5.92 Å². The fourth-order valence-corrected chi connectivity index (χ4v) is 2.96. The van der Waals surface area contributed by atoms with Crippen LogP contribution in [0.1, 0.15) is 84.0 Å². The standard InChI is InChI=1S/C17H34O2/c1-2-3-4-5-6-7-8-9-10-11-12-16-15-19-14-13-17(16)18/h16-18H,2-15H2,1H3. The Morgan fingerprint density at radius 2 is 1.47 bits per heavy atom. The Balaban J connectivity index is 1.80. The molecule has 0 aromatic carbocycles. The second-order valence-corrected chi connectivity index (χ2v) is 6.16. The van der Waals surface area contributed by atoms with Crippen LogP contribution in [0, 0.1) is 5.92 Å². The predicted molar refractivity (Wildman–Crippen MR) is 81.4 cm³/mol. The number of aliphatic hydroxyl groups excluding tert-OH is 1. The van der Waals surface area contributed by atoms with E-state index in [4.69, 9.17) is 4.74 Å².